The topological polar surface area (TPSA) is 52.6 Å². The molecule has 0 aliphatic carbocycles. The first-order valence-corrected chi connectivity index (χ1v) is 9.36. The van der Waals surface area contributed by atoms with E-state index in [2.05, 4.69) is 0 Å². The summed E-state index contributed by atoms with van der Waals surface area (Å²) in [4.78, 5) is 24.0. The summed E-state index contributed by atoms with van der Waals surface area (Å²) in [5, 5.41) is 0. The Morgan fingerprint density at radius 1 is 0.571 bits per heavy atom. The molecule has 2 aliphatic rings. The molecule has 5 rings (SSSR count). The minimum Gasteiger partial charge on any atom is -0.454 e. The Kier molecular flexibility index (Phi) is 3.97. The third-order valence-corrected chi connectivity index (χ3v) is 5.42. The van der Waals surface area contributed by atoms with Crippen molar-refractivity contribution in [2.75, 3.05) is 0 Å². The second kappa shape index (κ2) is 6.64. The van der Waals surface area contributed by atoms with Crippen molar-refractivity contribution in [1.82, 2.24) is 0 Å². The standard InChI is InChI=1S/C24H18O4/c25-23-19-7-3-1-5-17(19)21(27-23)13-15-9-11-16(12-10-15)14-22-18-6-2-4-8-20(18)24(26)28-22/h1-12,21-22H,13-14H2. The molecule has 2 atom stereocenters. The van der Waals surface area contributed by atoms with E-state index < -0.39 is 0 Å². The quantitative estimate of drug-likeness (QED) is 0.630. The smallest absolute Gasteiger partial charge is 0.339 e. The van der Waals surface area contributed by atoms with E-state index in [0.717, 1.165) is 22.3 Å². The first-order valence-electron chi connectivity index (χ1n) is 9.36. The van der Waals surface area contributed by atoms with E-state index in [1.54, 1.807) is 0 Å². The van der Waals surface area contributed by atoms with Crippen LogP contribution in [0.15, 0.2) is 72.8 Å². The van der Waals surface area contributed by atoms with Gasteiger partial charge in [0.25, 0.3) is 0 Å². The monoisotopic (exact) mass is 370 g/mol. The van der Waals surface area contributed by atoms with Gasteiger partial charge in [-0.1, -0.05) is 60.7 Å². The first kappa shape index (κ1) is 16.8. The van der Waals surface area contributed by atoms with Crippen LogP contribution in [0.25, 0.3) is 0 Å². The summed E-state index contributed by atoms with van der Waals surface area (Å²) in [6.45, 7) is 0. The van der Waals surface area contributed by atoms with Crippen molar-refractivity contribution in [1.29, 1.82) is 0 Å². The van der Waals surface area contributed by atoms with Crippen LogP contribution in [0.1, 0.15) is 55.2 Å². The lowest BCUT2D eigenvalue weighted by atomic mass is 9.96. The highest BCUT2D eigenvalue weighted by molar-refractivity contribution is 5.94. The fraction of sp³-hybridized carbons (Fsp3) is 0.167. The molecule has 0 bridgehead atoms. The third kappa shape index (κ3) is 2.87. The van der Waals surface area contributed by atoms with Crippen LogP contribution in [0.5, 0.6) is 0 Å². The fourth-order valence-electron chi connectivity index (χ4n) is 3.98. The predicted octanol–water partition coefficient (Wildman–Crippen LogP) is 4.60. The molecule has 4 nitrogen and oxygen atoms in total. The Hall–Kier alpha value is -3.40. The molecule has 3 aromatic rings. The van der Waals surface area contributed by atoms with Gasteiger partial charge in [0.15, 0.2) is 0 Å². The zero-order valence-electron chi connectivity index (χ0n) is 15.1. The highest BCUT2D eigenvalue weighted by Gasteiger charge is 2.31. The summed E-state index contributed by atoms with van der Waals surface area (Å²) >= 11 is 0. The summed E-state index contributed by atoms with van der Waals surface area (Å²) < 4.78 is 11.1. The van der Waals surface area contributed by atoms with Crippen molar-refractivity contribution >= 4 is 11.9 Å². The van der Waals surface area contributed by atoms with Crippen molar-refractivity contribution < 1.29 is 19.1 Å². The molecule has 2 aliphatic heterocycles. The second-order valence-corrected chi connectivity index (χ2v) is 7.19. The number of esters is 2. The zero-order valence-corrected chi connectivity index (χ0v) is 15.1. The molecule has 0 amide bonds. The van der Waals surface area contributed by atoms with E-state index in [-0.39, 0.29) is 24.1 Å². The Bertz CT molecular complexity index is 981. The molecule has 0 spiro atoms. The van der Waals surface area contributed by atoms with Crippen LogP contribution in [0.2, 0.25) is 0 Å². The fourth-order valence-corrected chi connectivity index (χ4v) is 3.98. The van der Waals surface area contributed by atoms with Gasteiger partial charge in [0.05, 0.1) is 11.1 Å². The lowest BCUT2D eigenvalue weighted by Gasteiger charge is -2.13. The molecule has 3 aromatic carbocycles. The van der Waals surface area contributed by atoms with Crippen LogP contribution >= 0.6 is 0 Å². The molecule has 28 heavy (non-hydrogen) atoms. The average molecular weight is 370 g/mol. The van der Waals surface area contributed by atoms with Crippen molar-refractivity contribution in [2.24, 2.45) is 0 Å². The SMILES string of the molecule is O=C1OC(Cc2ccc(CC3OC(=O)c4ccccc43)cc2)c2ccccc21. The van der Waals surface area contributed by atoms with Gasteiger partial charge in [0.1, 0.15) is 12.2 Å². The number of carbonyl (C=O) groups excluding carboxylic acids is 2. The third-order valence-electron chi connectivity index (χ3n) is 5.42. The van der Waals surface area contributed by atoms with Crippen LogP contribution in [0.3, 0.4) is 0 Å². The number of fused-ring (bicyclic) bond motifs is 2. The molecule has 0 N–H and O–H groups in total. The Morgan fingerprint density at radius 3 is 1.39 bits per heavy atom. The van der Waals surface area contributed by atoms with E-state index in [1.165, 1.54) is 0 Å². The molecule has 0 fully saturated rings. The Morgan fingerprint density at radius 2 is 0.964 bits per heavy atom. The minimum atomic E-state index is -0.251. The highest BCUT2D eigenvalue weighted by Crippen LogP contribution is 2.34. The molecular weight excluding hydrogens is 352 g/mol. The molecular formula is C24H18O4. The van der Waals surface area contributed by atoms with Gasteiger partial charge in [0, 0.05) is 24.0 Å². The number of rotatable bonds is 4. The first-order chi connectivity index (χ1) is 13.7. The van der Waals surface area contributed by atoms with Crippen LogP contribution in [-0.4, -0.2) is 11.9 Å². The summed E-state index contributed by atoms with van der Waals surface area (Å²) in [5.74, 6) is -0.502. The normalized spacial score (nSPS) is 19.7. The number of ether oxygens (including phenoxy) is 2. The number of hydrogen-bond acceptors (Lipinski definition) is 4. The van der Waals surface area contributed by atoms with Crippen molar-refractivity contribution in [3.8, 4) is 0 Å². The van der Waals surface area contributed by atoms with E-state index in [0.29, 0.717) is 24.0 Å². The maximum absolute atomic E-state index is 12.0. The molecule has 0 radical (unpaired) electrons. The van der Waals surface area contributed by atoms with Gasteiger partial charge < -0.3 is 9.47 Å². The van der Waals surface area contributed by atoms with E-state index >= 15 is 0 Å². The number of cyclic esters (lactones) is 2. The lowest BCUT2D eigenvalue weighted by molar-refractivity contribution is 0.0376. The maximum Gasteiger partial charge on any atom is 0.339 e. The summed E-state index contributed by atoms with van der Waals surface area (Å²) in [5.41, 5.74) is 5.41. The highest BCUT2D eigenvalue weighted by atomic mass is 16.6. The summed E-state index contributed by atoms with van der Waals surface area (Å²) in [6.07, 6.45) is 0.809. The van der Waals surface area contributed by atoms with Crippen LogP contribution in [0, 0.1) is 0 Å². The molecule has 0 aromatic heterocycles. The maximum atomic E-state index is 12.0. The molecule has 2 unspecified atom stereocenters. The van der Waals surface area contributed by atoms with Crippen molar-refractivity contribution in [2.45, 2.75) is 25.0 Å². The summed E-state index contributed by atoms with van der Waals surface area (Å²) in [6, 6.07) is 23.3. The van der Waals surface area contributed by atoms with Crippen molar-refractivity contribution in [3.63, 3.8) is 0 Å². The van der Waals surface area contributed by atoms with Gasteiger partial charge in [-0.3, -0.25) is 0 Å². The number of carbonyl (C=O) groups is 2. The van der Waals surface area contributed by atoms with Crippen LogP contribution in [-0.2, 0) is 22.3 Å². The number of hydrogen-bond donors (Lipinski definition) is 0. The average Bonchev–Trinajstić information content (AvgIpc) is 3.21. The van der Waals surface area contributed by atoms with Gasteiger partial charge >= 0.3 is 11.9 Å². The molecule has 0 saturated carbocycles. The van der Waals surface area contributed by atoms with Gasteiger partial charge in [-0.2, -0.15) is 0 Å². The van der Waals surface area contributed by atoms with E-state index in [9.17, 15) is 9.59 Å². The summed E-state index contributed by atoms with van der Waals surface area (Å²) in [7, 11) is 0. The van der Waals surface area contributed by atoms with Gasteiger partial charge in [-0.25, -0.2) is 9.59 Å². The van der Waals surface area contributed by atoms with Gasteiger partial charge in [0.2, 0.25) is 0 Å². The molecule has 4 heteroatoms. The molecule has 138 valence electrons. The lowest BCUT2D eigenvalue weighted by Crippen LogP contribution is -2.04. The molecule has 0 saturated heterocycles. The molecule has 2 heterocycles. The van der Waals surface area contributed by atoms with Crippen LogP contribution in [0.4, 0.5) is 0 Å². The van der Waals surface area contributed by atoms with Gasteiger partial charge in [-0.15, -0.1) is 0 Å². The van der Waals surface area contributed by atoms with Gasteiger partial charge in [-0.05, 0) is 23.3 Å². The Balaban J connectivity index is 1.30. The predicted molar refractivity (Wildman–Crippen MR) is 103 cm³/mol. The van der Waals surface area contributed by atoms with Crippen LogP contribution < -0.4 is 0 Å². The minimum absolute atomic E-state index is 0.239. The van der Waals surface area contributed by atoms with Crippen molar-refractivity contribution in [3.05, 3.63) is 106 Å². The number of benzene rings is 3. The van der Waals surface area contributed by atoms with E-state index in [4.69, 9.17) is 9.47 Å². The largest absolute Gasteiger partial charge is 0.454 e. The second-order valence-electron chi connectivity index (χ2n) is 7.19. The zero-order chi connectivity index (χ0) is 19.1. The van der Waals surface area contributed by atoms with E-state index in [1.807, 2.05) is 72.8 Å². The Labute approximate surface area is 162 Å².